The molecule has 0 radical (unpaired) electrons. The van der Waals surface area contributed by atoms with Crippen LogP contribution in [-0.4, -0.2) is 16.3 Å². The van der Waals surface area contributed by atoms with E-state index >= 15 is 0 Å². The molecular weight excluding hydrogens is 270 g/mol. The Morgan fingerprint density at radius 2 is 2.20 bits per heavy atom. The Morgan fingerprint density at radius 3 is 3.05 bits per heavy atom. The summed E-state index contributed by atoms with van der Waals surface area (Å²) in [4.78, 5) is 13.2. The van der Waals surface area contributed by atoms with Crippen molar-refractivity contribution in [1.29, 1.82) is 0 Å². The van der Waals surface area contributed by atoms with Gasteiger partial charge in [-0.15, -0.1) is 11.3 Å². The summed E-state index contributed by atoms with van der Waals surface area (Å²) in [5, 5.41) is 10.8. The van der Waals surface area contributed by atoms with Crippen molar-refractivity contribution in [2.24, 2.45) is 0 Å². The predicted octanol–water partition coefficient (Wildman–Crippen LogP) is 1.79. The maximum absolute atomic E-state index is 12.1. The topological polar surface area (TPSA) is 42.2 Å². The SMILES string of the molecule is O=c1ccc2c(n1Cc1sccc1C#CCO)CCC2. The molecule has 3 nitrogen and oxygen atoms in total. The summed E-state index contributed by atoms with van der Waals surface area (Å²) in [6.45, 7) is 0.436. The summed E-state index contributed by atoms with van der Waals surface area (Å²) in [6.07, 6.45) is 3.17. The van der Waals surface area contributed by atoms with Gasteiger partial charge in [0.05, 0.1) is 6.54 Å². The lowest BCUT2D eigenvalue weighted by Crippen LogP contribution is -2.23. The highest BCUT2D eigenvalue weighted by Crippen LogP contribution is 2.23. The molecule has 0 spiro atoms. The summed E-state index contributed by atoms with van der Waals surface area (Å²) in [6, 6.07) is 5.57. The van der Waals surface area contributed by atoms with Crippen LogP contribution in [-0.2, 0) is 19.4 Å². The van der Waals surface area contributed by atoms with Crippen LogP contribution in [0, 0.1) is 11.8 Å². The molecule has 0 unspecified atom stereocenters. The molecule has 0 bridgehead atoms. The number of fused-ring (bicyclic) bond motifs is 1. The molecule has 4 heteroatoms. The van der Waals surface area contributed by atoms with E-state index in [9.17, 15) is 4.79 Å². The monoisotopic (exact) mass is 285 g/mol. The van der Waals surface area contributed by atoms with Crippen LogP contribution in [0.2, 0.25) is 0 Å². The fourth-order valence-corrected chi connectivity index (χ4v) is 3.48. The Labute approximate surface area is 121 Å². The zero-order valence-corrected chi connectivity index (χ0v) is 11.9. The van der Waals surface area contributed by atoms with Crippen LogP contribution in [0.15, 0.2) is 28.4 Å². The van der Waals surface area contributed by atoms with Crippen molar-refractivity contribution in [2.45, 2.75) is 25.8 Å². The summed E-state index contributed by atoms with van der Waals surface area (Å²) in [5.74, 6) is 5.61. The third-order valence-electron chi connectivity index (χ3n) is 3.60. The van der Waals surface area contributed by atoms with Gasteiger partial charge in [-0.3, -0.25) is 4.79 Å². The third kappa shape index (κ3) is 2.43. The first-order chi connectivity index (χ1) is 9.79. The highest BCUT2D eigenvalue weighted by atomic mass is 32.1. The molecule has 0 aromatic carbocycles. The van der Waals surface area contributed by atoms with Crippen molar-refractivity contribution in [1.82, 2.24) is 4.57 Å². The molecule has 102 valence electrons. The molecule has 0 atom stereocenters. The van der Waals surface area contributed by atoms with Crippen molar-refractivity contribution in [3.05, 3.63) is 55.6 Å². The minimum Gasteiger partial charge on any atom is -0.384 e. The normalized spacial score (nSPS) is 12.8. The molecular formula is C16H15NO2S. The van der Waals surface area contributed by atoms with Crippen LogP contribution in [0.3, 0.4) is 0 Å². The summed E-state index contributed by atoms with van der Waals surface area (Å²) in [7, 11) is 0. The van der Waals surface area contributed by atoms with Gasteiger partial charge in [0, 0.05) is 22.2 Å². The summed E-state index contributed by atoms with van der Waals surface area (Å²) in [5.41, 5.74) is 3.43. The van der Waals surface area contributed by atoms with Crippen molar-refractivity contribution in [3.8, 4) is 11.8 Å². The van der Waals surface area contributed by atoms with Crippen molar-refractivity contribution in [3.63, 3.8) is 0 Å². The van der Waals surface area contributed by atoms with E-state index < -0.39 is 0 Å². The Morgan fingerprint density at radius 1 is 1.30 bits per heavy atom. The zero-order valence-electron chi connectivity index (χ0n) is 11.1. The molecule has 1 aliphatic rings. The van der Waals surface area contributed by atoms with Gasteiger partial charge >= 0.3 is 0 Å². The van der Waals surface area contributed by atoms with Gasteiger partial charge in [-0.25, -0.2) is 0 Å². The molecule has 2 heterocycles. The molecule has 0 saturated heterocycles. The lowest BCUT2D eigenvalue weighted by atomic mass is 10.2. The van der Waals surface area contributed by atoms with E-state index in [-0.39, 0.29) is 12.2 Å². The second-order valence-corrected chi connectivity index (χ2v) is 5.80. The van der Waals surface area contributed by atoms with Gasteiger partial charge in [0.1, 0.15) is 6.61 Å². The number of aryl methyl sites for hydroxylation is 1. The van der Waals surface area contributed by atoms with E-state index in [4.69, 9.17) is 5.11 Å². The number of hydrogen-bond acceptors (Lipinski definition) is 3. The van der Waals surface area contributed by atoms with Gasteiger partial charge in [-0.2, -0.15) is 0 Å². The highest BCUT2D eigenvalue weighted by molar-refractivity contribution is 7.10. The Balaban J connectivity index is 1.99. The second-order valence-electron chi connectivity index (χ2n) is 4.80. The van der Waals surface area contributed by atoms with Crippen LogP contribution in [0.1, 0.15) is 28.1 Å². The number of pyridine rings is 1. The Hall–Kier alpha value is -1.83. The number of nitrogens with zero attached hydrogens (tertiary/aromatic N) is 1. The summed E-state index contributed by atoms with van der Waals surface area (Å²) >= 11 is 1.61. The number of aromatic nitrogens is 1. The standard InChI is InChI=1S/C16H15NO2S/c18-9-2-4-13-8-10-20-15(13)11-17-14-5-1-3-12(14)6-7-16(17)19/h6-8,10,18H,1,3,5,9,11H2. The first-order valence-electron chi connectivity index (χ1n) is 6.67. The van der Waals surface area contributed by atoms with E-state index in [1.54, 1.807) is 17.4 Å². The van der Waals surface area contributed by atoms with E-state index in [1.807, 2.05) is 22.1 Å². The molecule has 20 heavy (non-hydrogen) atoms. The first-order valence-corrected chi connectivity index (χ1v) is 7.55. The van der Waals surface area contributed by atoms with Gasteiger partial charge in [0.25, 0.3) is 5.56 Å². The van der Waals surface area contributed by atoms with E-state index in [1.165, 1.54) is 11.3 Å². The van der Waals surface area contributed by atoms with E-state index in [0.29, 0.717) is 6.54 Å². The average molecular weight is 285 g/mol. The lowest BCUT2D eigenvalue weighted by Gasteiger charge is -2.11. The molecule has 0 aliphatic heterocycles. The fraction of sp³-hybridized carbons (Fsp3) is 0.312. The van der Waals surface area contributed by atoms with Gasteiger partial charge in [0.15, 0.2) is 0 Å². The second kappa shape index (κ2) is 5.66. The van der Waals surface area contributed by atoms with Crippen LogP contribution in [0.25, 0.3) is 0 Å². The molecule has 3 rings (SSSR count). The lowest BCUT2D eigenvalue weighted by molar-refractivity contribution is 0.350. The van der Waals surface area contributed by atoms with Crippen LogP contribution >= 0.6 is 11.3 Å². The fourth-order valence-electron chi connectivity index (χ4n) is 2.66. The largest absolute Gasteiger partial charge is 0.384 e. The van der Waals surface area contributed by atoms with Crippen molar-refractivity contribution < 1.29 is 5.11 Å². The van der Waals surface area contributed by atoms with Crippen LogP contribution in [0.4, 0.5) is 0 Å². The van der Waals surface area contributed by atoms with Crippen LogP contribution < -0.4 is 5.56 Å². The van der Waals surface area contributed by atoms with Gasteiger partial charge in [-0.05, 0) is 36.3 Å². The van der Waals surface area contributed by atoms with Gasteiger partial charge in [-0.1, -0.05) is 17.9 Å². The molecule has 1 N–H and O–H groups in total. The maximum Gasteiger partial charge on any atom is 0.251 e. The number of rotatable bonds is 2. The summed E-state index contributed by atoms with van der Waals surface area (Å²) < 4.78 is 1.87. The predicted molar refractivity (Wildman–Crippen MR) is 80.1 cm³/mol. The molecule has 2 aromatic heterocycles. The third-order valence-corrected chi connectivity index (χ3v) is 4.50. The van der Waals surface area contributed by atoms with Gasteiger partial charge < -0.3 is 9.67 Å². The quantitative estimate of drug-likeness (QED) is 0.855. The smallest absolute Gasteiger partial charge is 0.251 e. The number of thiophene rings is 1. The molecule has 0 amide bonds. The number of aliphatic hydroxyl groups is 1. The molecule has 0 saturated carbocycles. The minimum absolute atomic E-state index is 0.0557. The van der Waals surface area contributed by atoms with E-state index in [0.717, 1.165) is 29.7 Å². The van der Waals surface area contributed by atoms with Crippen molar-refractivity contribution >= 4 is 11.3 Å². The Kier molecular flexibility index (Phi) is 3.72. The number of hydrogen-bond donors (Lipinski definition) is 1. The van der Waals surface area contributed by atoms with Crippen LogP contribution in [0.5, 0.6) is 0 Å². The zero-order chi connectivity index (χ0) is 13.9. The first kappa shape index (κ1) is 13.2. The number of aliphatic hydroxyl groups excluding tert-OH is 1. The Bertz CT molecular complexity index is 746. The van der Waals surface area contributed by atoms with Gasteiger partial charge in [0.2, 0.25) is 0 Å². The van der Waals surface area contributed by atoms with E-state index in [2.05, 4.69) is 11.8 Å². The highest BCUT2D eigenvalue weighted by Gasteiger charge is 2.16. The molecule has 0 fully saturated rings. The maximum atomic E-state index is 12.1. The molecule has 1 aliphatic carbocycles. The average Bonchev–Trinajstić information content (AvgIpc) is 3.08. The molecule has 2 aromatic rings. The minimum atomic E-state index is -0.143. The van der Waals surface area contributed by atoms with Crippen molar-refractivity contribution in [2.75, 3.05) is 6.61 Å².